The molecule has 0 radical (unpaired) electrons. The summed E-state index contributed by atoms with van der Waals surface area (Å²) in [5.74, 6) is 0.612. The quantitative estimate of drug-likeness (QED) is 0.890. The van der Waals surface area contributed by atoms with Gasteiger partial charge in [-0.25, -0.2) is 0 Å². The van der Waals surface area contributed by atoms with E-state index in [-0.39, 0.29) is 5.91 Å². The Bertz CT molecular complexity index is 775. The van der Waals surface area contributed by atoms with Crippen LogP contribution in [0.15, 0.2) is 27.1 Å². The van der Waals surface area contributed by atoms with E-state index in [2.05, 4.69) is 27.3 Å². The van der Waals surface area contributed by atoms with Gasteiger partial charge in [0.15, 0.2) is 0 Å². The number of carbonyl (C=O) groups is 1. The maximum Gasteiger partial charge on any atom is 0.255 e. The highest BCUT2D eigenvalue weighted by Gasteiger charge is 2.25. The van der Waals surface area contributed by atoms with Crippen molar-refractivity contribution in [1.29, 1.82) is 0 Å². The molecule has 1 N–H and O–H groups in total. The predicted molar refractivity (Wildman–Crippen MR) is 93.5 cm³/mol. The summed E-state index contributed by atoms with van der Waals surface area (Å²) in [6.45, 7) is 0. The number of nitrogens with one attached hydrogen (secondary N) is 1. The Kier molecular flexibility index (Phi) is 4.00. The standard InChI is InChI=1S/C17H19BrN2O2/c1-19-17(21)15-11-8-12(18)13(20(2)3)9-14(11)22-16(15)10-6-4-5-7-10/h6,8-9H,4-5,7H2,1-3H3,(H,19,21). The number of benzene rings is 1. The summed E-state index contributed by atoms with van der Waals surface area (Å²) in [5, 5.41) is 3.58. The molecule has 1 aromatic heterocycles. The van der Waals surface area contributed by atoms with E-state index in [4.69, 9.17) is 4.42 Å². The van der Waals surface area contributed by atoms with Crippen LogP contribution in [0.3, 0.4) is 0 Å². The minimum atomic E-state index is -0.106. The number of amides is 1. The minimum absolute atomic E-state index is 0.106. The number of nitrogens with zero attached hydrogens (tertiary/aromatic N) is 1. The maximum absolute atomic E-state index is 12.4. The summed E-state index contributed by atoms with van der Waals surface area (Å²) < 4.78 is 7.02. The van der Waals surface area contributed by atoms with Gasteiger partial charge in [-0.3, -0.25) is 4.79 Å². The summed E-state index contributed by atoms with van der Waals surface area (Å²) in [5.41, 5.74) is 3.54. The normalized spacial score (nSPS) is 14.3. The van der Waals surface area contributed by atoms with Gasteiger partial charge in [0.25, 0.3) is 5.91 Å². The number of halogens is 1. The third kappa shape index (κ3) is 2.43. The molecule has 1 aromatic carbocycles. The molecule has 116 valence electrons. The molecule has 0 fully saturated rings. The topological polar surface area (TPSA) is 45.5 Å². The van der Waals surface area contributed by atoms with Crippen LogP contribution in [0.5, 0.6) is 0 Å². The average molecular weight is 363 g/mol. The fraction of sp³-hybridized carbons (Fsp3) is 0.353. The van der Waals surface area contributed by atoms with Crippen LogP contribution < -0.4 is 10.2 Å². The van der Waals surface area contributed by atoms with E-state index in [9.17, 15) is 4.79 Å². The molecular formula is C17H19BrN2O2. The number of allylic oxidation sites excluding steroid dienone is 2. The minimum Gasteiger partial charge on any atom is -0.455 e. The second kappa shape index (κ2) is 5.80. The number of rotatable bonds is 3. The molecule has 0 unspecified atom stereocenters. The first-order chi connectivity index (χ1) is 10.5. The van der Waals surface area contributed by atoms with Crippen molar-refractivity contribution >= 4 is 44.1 Å². The monoisotopic (exact) mass is 362 g/mol. The molecule has 1 aliphatic rings. The van der Waals surface area contributed by atoms with Gasteiger partial charge in [0, 0.05) is 37.1 Å². The van der Waals surface area contributed by atoms with E-state index in [1.807, 2.05) is 31.1 Å². The molecule has 2 aromatic rings. The van der Waals surface area contributed by atoms with Crippen molar-refractivity contribution in [2.24, 2.45) is 0 Å². The van der Waals surface area contributed by atoms with Crippen LogP contribution >= 0.6 is 15.9 Å². The first-order valence-corrected chi connectivity index (χ1v) is 8.17. The molecule has 1 amide bonds. The Hall–Kier alpha value is -1.75. The Morgan fingerprint density at radius 2 is 2.14 bits per heavy atom. The fourth-order valence-electron chi connectivity index (χ4n) is 2.90. The molecule has 0 aliphatic heterocycles. The van der Waals surface area contributed by atoms with Gasteiger partial charge in [0.1, 0.15) is 11.3 Å². The smallest absolute Gasteiger partial charge is 0.255 e. The van der Waals surface area contributed by atoms with Gasteiger partial charge in [0.05, 0.1) is 11.3 Å². The molecule has 0 saturated heterocycles. The summed E-state index contributed by atoms with van der Waals surface area (Å²) in [6, 6.07) is 3.95. The molecule has 0 saturated carbocycles. The lowest BCUT2D eigenvalue weighted by Crippen LogP contribution is -2.18. The first kappa shape index (κ1) is 15.2. The molecule has 1 heterocycles. The number of hydrogen-bond donors (Lipinski definition) is 1. The zero-order chi connectivity index (χ0) is 15.9. The summed E-state index contributed by atoms with van der Waals surface area (Å²) in [6.07, 6.45) is 5.30. The number of carbonyl (C=O) groups excluding carboxylic acids is 1. The predicted octanol–water partition coefficient (Wildman–Crippen LogP) is 4.19. The van der Waals surface area contributed by atoms with Crippen LogP contribution in [-0.2, 0) is 0 Å². The Labute approximate surface area is 138 Å². The molecular weight excluding hydrogens is 344 g/mol. The Morgan fingerprint density at radius 1 is 1.36 bits per heavy atom. The number of fused-ring (bicyclic) bond motifs is 1. The van der Waals surface area contributed by atoms with Gasteiger partial charge < -0.3 is 14.6 Å². The maximum atomic E-state index is 12.4. The van der Waals surface area contributed by atoms with Crippen LogP contribution in [0.1, 0.15) is 35.4 Å². The van der Waals surface area contributed by atoms with Crippen LogP contribution in [0.25, 0.3) is 16.5 Å². The zero-order valence-electron chi connectivity index (χ0n) is 13.0. The third-order valence-corrected chi connectivity index (χ3v) is 4.66. The third-order valence-electron chi connectivity index (χ3n) is 4.03. The number of furan rings is 1. The van der Waals surface area contributed by atoms with Crippen molar-refractivity contribution in [1.82, 2.24) is 5.32 Å². The van der Waals surface area contributed by atoms with Gasteiger partial charge in [-0.05, 0) is 46.8 Å². The van der Waals surface area contributed by atoms with E-state index in [1.54, 1.807) is 7.05 Å². The van der Waals surface area contributed by atoms with Gasteiger partial charge in [0.2, 0.25) is 0 Å². The molecule has 5 heteroatoms. The van der Waals surface area contributed by atoms with Gasteiger partial charge >= 0.3 is 0 Å². The number of hydrogen-bond acceptors (Lipinski definition) is 3. The van der Waals surface area contributed by atoms with Crippen molar-refractivity contribution < 1.29 is 9.21 Å². The molecule has 1 aliphatic carbocycles. The molecule has 0 bridgehead atoms. The molecule has 3 rings (SSSR count). The lowest BCUT2D eigenvalue weighted by atomic mass is 10.0. The Morgan fingerprint density at radius 3 is 2.73 bits per heavy atom. The van der Waals surface area contributed by atoms with Crippen molar-refractivity contribution in [3.8, 4) is 0 Å². The highest BCUT2D eigenvalue weighted by Crippen LogP contribution is 2.39. The molecule has 4 nitrogen and oxygen atoms in total. The van der Waals surface area contributed by atoms with E-state index in [0.29, 0.717) is 5.56 Å². The molecule has 0 atom stereocenters. The van der Waals surface area contributed by atoms with Gasteiger partial charge in [-0.1, -0.05) is 6.08 Å². The second-order valence-corrected chi connectivity index (χ2v) is 6.56. The number of anilines is 1. The van der Waals surface area contributed by atoms with Crippen LogP contribution in [-0.4, -0.2) is 27.1 Å². The van der Waals surface area contributed by atoms with Crippen molar-refractivity contribution in [3.05, 3.63) is 34.0 Å². The largest absolute Gasteiger partial charge is 0.455 e. The van der Waals surface area contributed by atoms with Crippen LogP contribution in [0.4, 0.5) is 5.69 Å². The lowest BCUT2D eigenvalue weighted by molar-refractivity contribution is 0.0963. The van der Waals surface area contributed by atoms with E-state index in [1.165, 1.54) is 0 Å². The average Bonchev–Trinajstić information content (AvgIpc) is 3.12. The Balaban J connectivity index is 2.28. The van der Waals surface area contributed by atoms with E-state index >= 15 is 0 Å². The van der Waals surface area contributed by atoms with Crippen LogP contribution in [0.2, 0.25) is 0 Å². The molecule has 0 spiro atoms. The summed E-state index contributed by atoms with van der Waals surface area (Å²) in [4.78, 5) is 14.4. The van der Waals surface area contributed by atoms with Gasteiger partial charge in [-0.2, -0.15) is 0 Å². The molecule has 22 heavy (non-hydrogen) atoms. The van der Waals surface area contributed by atoms with E-state index < -0.39 is 0 Å². The summed E-state index contributed by atoms with van der Waals surface area (Å²) >= 11 is 3.59. The fourth-order valence-corrected chi connectivity index (χ4v) is 3.60. The van der Waals surface area contributed by atoms with Crippen molar-refractivity contribution in [3.63, 3.8) is 0 Å². The lowest BCUT2D eigenvalue weighted by Gasteiger charge is -2.14. The first-order valence-electron chi connectivity index (χ1n) is 7.37. The highest BCUT2D eigenvalue weighted by atomic mass is 79.9. The second-order valence-electron chi connectivity index (χ2n) is 5.70. The SMILES string of the molecule is CNC(=O)c1c(C2=CCCC2)oc2cc(N(C)C)c(Br)cc12. The zero-order valence-corrected chi connectivity index (χ0v) is 14.6. The summed E-state index contributed by atoms with van der Waals surface area (Å²) in [7, 11) is 5.61. The van der Waals surface area contributed by atoms with Crippen LogP contribution in [0, 0.1) is 0 Å². The van der Waals surface area contributed by atoms with Crippen molar-refractivity contribution in [2.45, 2.75) is 19.3 Å². The van der Waals surface area contributed by atoms with E-state index in [0.717, 1.165) is 51.7 Å². The highest BCUT2D eigenvalue weighted by molar-refractivity contribution is 9.10. The van der Waals surface area contributed by atoms with Gasteiger partial charge in [-0.15, -0.1) is 0 Å². The van der Waals surface area contributed by atoms with Crippen molar-refractivity contribution in [2.75, 3.05) is 26.0 Å².